The second-order valence-electron chi connectivity index (χ2n) is 13.1. The van der Waals surface area contributed by atoms with E-state index in [0.29, 0.717) is 29.1 Å². The smallest absolute Gasteiger partial charge is 0.0299 e. The molecule has 4 N–H and O–H groups in total. The summed E-state index contributed by atoms with van der Waals surface area (Å²) in [6.07, 6.45) is 13.0. The van der Waals surface area contributed by atoms with Crippen LogP contribution < -0.4 is 16.4 Å². The molecule has 0 aliphatic rings. The van der Waals surface area contributed by atoms with Crippen LogP contribution in [0.15, 0.2) is 123 Å². The fraction of sp³-hybridized carbons (Fsp3) is 0.425. The second kappa shape index (κ2) is 21.8. The summed E-state index contributed by atoms with van der Waals surface area (Å²) in [5, 5.41) is 6.92. The number of rotatable bonds is 15. The Balaban J connectivity index is 0.000000346. The van der Waals surface area contributed by atoms with Crippen molar-refractivity contribution in [2.45, 2.75) is 98.6 Å². The van der Waals surface area contributed by atoms with Crippen LogP contribution in [-0.2, 0) is 19.3 Å². The zero-order valence-electron chi connectivity index (χ0n) is 28.5. The van der Waals surface area contributed by atoms with Crippen molar-refractivity contribution in [3.63, 3.8) is 0 Å². The summed E-state index contributed by atoms with van der Waals surface area (Å²) in [4.78, 5) is 4.11. The molecule has 4 heteroatoms. The molecular formula is C40H60N4. The minimum atomic E-state index is 0.299. The number of hydrogen-bond donors (Lipinski definition) is 3. The lowest BCUT2D eigenvalue weighted by Crippen LogP contribution is -2.31. The molecule has 0 aliphatic carbocycles. The lowest BCUT2D eigenvalue weighted by molar-refractivity contribution is 0.385. The van der Waals surface area contributed by atoms with Crippen molar-refractivity contribution in [3.05, 3.63) is 139 Å². The molecule has 3 rings (SSSR count). The quantitative estimate of drug-likeness (QED) is 0.164. The zero-order valence-corrected chi connectivity index (χ0v) is 28.5. The largest absolute Gasteiger partial charge is 0.402 e. The van der Waals surface area contributed by atoms with Crippen LogP contribution in [0.5, 0.6) is 0 Å². The Morgan fingerprint density at radius 1 is 0.886 bits per heavy atom. The number of allylic oxidation sites excluding steroid dienone is 2. The van der Waals surface area contributed by atoms with Crippen LogP contribution in [0.3, 0.4) is 0 Å². The van der Waals surface area contributed by atoms with E-state index in [9.17, 15) is 0 Å². The summed E-state index contributed by atoms with van der Waals surface area (Å²) in [5.41, 5.74) is 11.5. The Hall–Kier alpha value is -3.79. The van der Waals surface area contributed by atoms with E-state index in [1.54, 1.807) is 6.20 Å². The molecule has 0 fully saturated rings. The molecular weight excluding hydrogens is 536 g/mol. The Kier molecular flexibility index (Phi) is 19.0. The van der Waals surface area contributed by atoms with E-state index in [0.717, 1.165) is 32.1 Å². The van der Waals surface area contributed by atoms with Gasteiger partial charge in [0.05, 0.1) is 0 Å². The van der Waals surface area contributed by atoms with Gasteiger partial charge in [-0.1, -0.05) is 134 Å². The highest BCUT2D eigenvalue weighted by Crippen LogP contribution is 2.22. The Morgan fingerprint density at radius 2 is 1.48 bits per heavy atom. The van der Waals surface area contributed by atoms with Gasteiger partial charge >= 0.3 is 0 Å². The van der Waals surface area contributed by atoms with Crippen LogP contribution in [0, 0.1) is 11.3 Å². The average molecular weight is 597 g/mol. The maximum atomic E-state index is 5.43. The standard InChI is InChI=1S/C18H29N.C13H20N2.C9H11N/c1-6-10-17(13-16-11-8-7-9-12-16)19-15(2)14-18(3,4)5;1-4-15-13(11(2)3)8-7-12-6-5-9-14-10-12;1-8(10)7-9-5-3-2-4-6-9/h7-9,11-12,17,19H,2,6,10,13-14H2,1,3-5H3;4-6,9-11,13,15H,1,7-8H2,2-3H3;2-6H,1,7,10H2. The van der Waals surface area contributed by atoms with E-state index in [2.05, 4.69) is 113 Å². The highest BCUT2D eigenvalue weighted by Gasteiger charge is 2.15. The first-order chi connectivity index (χ1) is 20.9. The summed E-state index contributed by atoms with van der Waals surface area (Å²) in [7, 11) is 0. The van der Waals surface area contributed by atoms with Gasteiger partial charge in [0.1, 0.15) is 0 Å². The Morgan fingerprint density at radius 3 is 1.95 bits per heavy atom. The topological polar surface area (TPSA) is 63.0 Å². The molecule has 1 heterocycles. The minimum Gasteiger partial charge on any atom is -0.402 e. The maximum absolute atomic E-state index is 5.43. The molecule has 3 aromatic rings. The summed E-state index contributed by atoms with van der Waals surface area (Å²) >= 11 is 0. The van der Waals surface area contributed by atoms with E-state index in [1.165, 1.54) is 35.2 Å². The summed E-state index contributed by atoms with van der Waals surface area (Å²) in [6.45, 7) is 25.0. The van der Waals surface area contributed by atoms with Gasteiger partial charge in [-0.2, -0.15) is 0 Å². The molecule has 4 nitrogen and oxygen atoms in total. The number of nitrogens with two attached hydrogens (primary N) is 1. The maximum Gasteiger partial charge on any atom is 0.0299 e. The molecule has 0 aliphatic heterocycles. The molecule has 1 aromatic heterocycles. The van der Waals surface area contributed by atoms with E-state index < -0.39 is 0 Å². The van der Waals surface area contributed by atoms with E-state index in [4.69, 9.17) is 5.73 Å². The van der Waals surface area contributed by atoms with Gasteiger partial charge < -0.3 is 16.4 Å². The molecule has 0 radical (unpaired) electrons. The fourth-order valence-corrected chi connectivity index (χ4v) is 4.94. The van der Waals surface area contributed by atoms with Crippen molar-refractivity contribution in [1.29, 1.82) is 0 Å². The number of aromatic nitrogens is 1. The van der Waals surface area contributed by atoms with E-state index >= 15 is 0 Å². The van der Waals surface area contributed by atoms with Gasteiger partial charge in [-0.25, -0.2) is 0 Å². The van der Waals surface area contributed by atoms with Gasteiger partial charge in [0.25, 0.3) is 0 Å². The average Bonchev–Trinajstić information content (AvgIpc) is 2.96. The predicted molar refractivity (Wildman–Crippen MR) is 193 cm³/mol. The highest BCUT2D eigenvalue weighted by atomic mass is 14.9. The Bertz CT molecular complexity index is 1160. The summed E-state index contributed by atoms with van der Waals surface area (Å²) in [6, 6.07) is 25.9. The third-order valence-corrected chi connectivity index (χ3v) is 6.99. The van der Waals surface area contributed by atoms with Crippen molar-refractivity contribution >= 4 is 0 Å². The van der Waals surface area contributed by atoms with Crippen molar-refractivity contribution in [2.24, 2.45) is 17.1 Å². The molecule has 0 bridgehead atoms. The van der Waals surface area contributed by atoms with Gasteiger partial charge in [0.15, 0.2) is 0 Å². The predicted octanol–water partition coefficient (Wildman–Crippen LogP) is 9.41. The molecule has 2 unspecified atom stereocenters. The summed E-state index contributed by atoms with van der Waals surface area (Å²) in [5.74, 6) is 0.625. The van der Waals surface area contributed by atoms with Crippen molar-refractivity contribution < 1.29 is 0 Å². The second-order valence-corrected chi connectivity index (χ2v) is 13.1. The molecule has 0 saturated carbocycles. The number of pyridine rings is 1. The lowest BCUT2D eigenvalue weighted by Gasteiger charge is -2.25. The third kappa shape index (κ3) is 19.4. The third-order valence-electron chi connectivity index (χ3n) is 6.99. The molecule has 0 saturated heterocycles. The normalized spacial score (nSPS) is 12.0. The van der Waals surface area contributed by atoms with Crippen LogP contribution >= 0.6 is 0 Å². The first-order valence-corrected chi connectivity index (χ1v) is 16.1. The number of hydrogen-bond acceptors (Lipinski definition) is 4. The molecule has 2 atom stereocenters. The first-order valence-electron chi connectivity index (χ1n) is 16.1. The van der Waals surface area contributed by atoms with Gasteiger partial charge in [-0.3, -0.25) is 4.98 Å². The van der Waals surface area contributed by atoms with Gasteiger partial charge in [-0.15, -0.1) is 0 Å². The minimum absolute atomic E-state index is 0.299. The van der Waals surface area contributed by atoms with Gasteiger partial charge in [-0.05, 0) is 72.4 Å². The lowest BCUT2D eigenvalue weighted by atomic mass is 9.90. The number of aryl methyl sites for hydroxylation is 1. The molecule has 240 valence electrons. The monoisotopic (exact) mass is 596 g/mol. The van der Waals surface area contributed by atoms with E-state index in [1.807, 2.05) is 48.8 Å². The summed E-state index contributed by atoms with van der Waals surface area (Å²) < 4.78 is 0. The van der Waals surface area contributed by atoms with E-state index in [-0.39, 0.29) is 0 Å². The number of nitrogens with zero attached hydrogens (tertiary/aromatic N) is 1. The van der Waals surface area contributed by atoms with Crippen molar-refractivity contribution in [3.8, 4) is 0 Å². The van der Waals surface area contributed by atoms with Crippen molar-refractivity contribution in [2.75, 3.05) is 0 Å². The molecule has 0 amide bonds. The number of nitrogens with one attached hydrogen (secondary N) is 2. The van der Waals surface area contributed by atoms with Crippen LogP contribution in [0.2, 0.25) is 0 Å². The van der Waals surface area contributed by atoms with Gasteiger partial charge in [0, 0.05) is 42.3 Å². The van der Waals surface area contributed by atoms with Crippen LogP contribution in [0.1, 0.15) is 83.9 Å². The first kappa shape index (κ1) is 38.2. The highest BCUT2D eigenvalue weighted by molar-refractivity contribution is 5.19. The molecule has 2 aromatic carbocycles. The molecule has 0 spiro atoms. The van der Waals surface area contributed by atoms with Crippen molar-refractivity contribution in [1.82, 2.24) is 15.6 Å². The fourth-order valence-electron chi connectivity index (χ4n) is 4.94. The van der Waals surface area contributed by atoms with Gasteiger partial charge in [0.2, 0.25) is 0 Å². The van der Waals surface area contributed by atoms with Crippen LogP contribution in [0.25, 0.3) is 0 Å². The van der Waals surface area contributed by atoms with Crippen LogP contribution in [0.4, 0.5) is 0 Å². The zero-order chi connectivity index (χ0) is 32.8. The SMILES string of the molecule is C=C(CC(C)(C)C)NC(CCC)Cc1ccccc1.C=C(N)Cc1ccccc1.C=CNC(CCc1cccnc1)C(C)C. The van der Waals surface area contributed by atoms with Crippen LogP contribution in [-0.4, -0.2) is 17.1 Å². The molecule has 44 heavy (non-hydrogen) atoms. The number of benzene rings is 2. The Labute approximate surface area is 270 Å².